The van der Waals surface area contributed by atoms with E-state index in [4.69, 9.17) is 11.6 Å². The SMILES string of the molecule is O=C(Cc1ccc(Cl)cc1)NNC(=O)Cc1csc(-c2cccs2)n1. The summed E-state index contributed by atoms with van der Waals surface area (Å²) < 4.78 is 0. The number of benzene rings is 1. The highest BCUT2D eigenvalue weighted by molar-refractivity contribution is 7.20. The van der Waals surface area contributed by atoms with Gasteiger partial charge in [0.1, 0.15) is 5.01 Å². The average Bonchev–Trinajstić information content (AvgIpc) is 3.26. The third-order valence-electron chi connectivity index (χ3n) is 3.24. The molecule has 5 nitrogen and oxygen atoms in total. The molecule has 0 bridgehead atoms. The Kier molecular flexibility index (Phi) is 5.80. The number of amides is 2. The monoisotopic (exact) mass is 391 g/mol. The van der Waals surface area contributed by atoms with Crippen molar-refractivity contribution in [3.05, 3.63) is 63.4 Å². The van der Waals surface area contributed by atoms with Crippen LogP contribution in [0.25, 0.3) is 9.88 Å². The molecule has 0 saturated carbocycles. The summed E-state index contributed by atoms with van der Waals surface area (Å²) in [5.41, 5.74) is 6.31. The number of hydrogen-bond acceptors (Lipinski definition) is 5. The molecule has 0 unspecified atom stereocenters. The van der Waals surface area contributed by atoms with Crippen LogP contribution >= 0.6 is 34.3 Å². The fourth-order valence-corrected chi connectivity index (χ4v) is 3.84. The molecule has 25 heavy (non-hydrogen) atoms. The van der Waals surface area contributed by atoms with Crippen LogP contribution in [0.2, 0.25) is 5.02 Å². The van der Waals surface area contributed by atoms with Crippen LogP contribution in [0.15, 0.2) is 47.2 Å². The van der Waals surface area contributed by atoms with Gasteiger partial charge in [0.2, 0.25) is 11.8 Å². The quantitative estimate of drug-likeness (QED) is 0.654. The molecular formula is C17H14ClN3O2S2. The highest BCUT2D eigenvalue weighted by Gasteiger charge is 2.11. The predicted octanol–water partition coefficient (Wildman–Crippen LogP) is 3.46. The third kappa shape index (κ3) is 5.12. The summed E-state index contributed by atoms with van der Waals surface area (Å²) in [6.45, 7) is 0. The first-order valence-electron chi connectivity index (χ1n) is 7.40. The van der Waals surface area contributed by atoms with Crippen molar-refractivity contribution in [2.45, 2.75) is 12.8 Å². The maximum atomic E-state index is 11.9. The molecule has 128 valence electrons. The lowest BCUT2D eigenvalue weighted by Crippen LogP contribution is -2.43. The number of carbonyl (C=O) groups excluding carboxylic acids is 2. The minimum atomic E-state index is -0.313. The van der Waals surface area contributed by atoms with Crippen molar-refractivity contribution >= 4 is 46.1 Å². The van der Waals surface area contributed by atoms with Gasteiger partial charge in [0.05, 0.1) is 23.4 Å². The molecule has 0 spiro atoms. The molecule has 8 heteroatoms. The van der Waals surface area contributed by atoms with Crippen LogP contribution in [0.3, 0.4) is 0 Å². The van der Waals surface area contributed by atoms with Crippen LogP contribution in [-0.4, -0.2) is 16.8 Å². The van der Waals surface area contributed by atoms with Crippen molar-refractivity contribution in [3.63, 3.8) is 0 Å². The standard InChI is InChI=1S/C17H14ClN3O2S2/c18-12-5-3-11(4-6-12)8-15(22)20-21-16(23)9-13-10-25-17(19-13)14-2-1-7-24-14/h1-7,10H,8-9H2,(H,20,22)(H,21,23). The lowest BCUT2D eigenvalue weighted by atomic mass is 10.1. The fourth-order valence-electron chi connectivity index (χ4n) is 2.08. The Morgan fingerprint density at radius 1 is 1.00 bits per heavy atom. The molecule has 0 radical (unpaired) electrons. The van der Waals surface area contributed by atoms with Crippen LogP contribution in [-0.2, 0) is 22.4 Å². The van der Waals surface area contributed by atoms with Crippen molar-refractivity contribution in [1.29, 1.82) is 0 Å². The van der Waals surface area contributed by atoms with E-state index in [0.717, 1.165) is 15.4 Å². The Balaban J connectivity index is 1.46. The Hall–Kier alpha value is -2.22. The molecule has 0 saturated heterocycles. The molecule has 2 heterocycles. The molecule has 0 atom stereocenters. The van der Waals surface area contributed by atoms with Crippen molar-refractivity contribution in [3.8, 4) is 9.88 Å². The number of nitrogens with zero attached hydrogens (tertiary/aromatic N) is 1. The zero-order valence-electron chi connectivity index (χ0n) is 13.0. The number of aromatic nitrogens is 1. The first kappa shape index (κ1) is 17.6. The van der Waals surface area contributed by atoms with Crippen LogP contribution < -0.4 is 10.9 Å². The number of thiazole rings is 1. The molecule has 0 aliphatic carbocycles. The van der Waals surface area contributed by atoms with Gasteiger partial charge < -0.3 is 0 Å². The van der Waals surface area contributed by atoms with Gasteiger partial charge >= 0.3 is 0 Å². The average molecular weight is 392 g/mol. The first-order chi connectivity index (χ1) is 12.1. The zero-order chi connectivity index (χ0) is 17.6. The van der Waals surface area contributed by atoms with Crippen molar-refractivity contribution in [2.24, 2.45) is 0 Å². The molecule has 0 aliphatic heterocycles. The number of hydrazine groups is 1. The summed E-state index contributed by atoms with van der Waals surface area (Å²) in [6.07, 6.45) is 0.278. The van der Waals surface area contributed by atoms with Crippen LogP contribution in [0.4, 0.5) is 0 Å². The maximum absolute atomic E-state index is 11.9. The van der Waals surface area contributed by atoms with Gasteiger partial charge in [-0.2, -0.15) is 0 Å². The number of thiophene rings is 1. The lowest BCUT2D eigenvalue weighted by molar-refractivity contribution is -0.128. The van der Waals surface area contributed by atoms with Gasteiger partial charge in [0.15, 0.2) is 0 Å². The normalized spacial score (nSPS) is 10.4. The number of hydrogen-bond donors (Lipinski definition) is 2. The van der Waals surface area contributed by atoms with E-state index in [-0.39, 0.29) is 24.7 Å². The molecule has 0 fully saturated rings. The topological polar surface area (TPSA) is 71.1 Å². The molecule has 3 aromatic rings. The third-order valence-corrected chi connectivity index (χ3v) is 5.43. The minimum Gasteiger partial charge on any atom is -0.273 e. The molecule has 0 aliphatic rings. The first-order valence-corrected chi connectivity index (χ1v) is 9.54. The summed E-state index contributed by atoms with van der Waals surface area (Å²) in [5, 5.41) is 5.34. The molecule has 2 amide bonds. The minimum absolute atomic E-state index is 0.114. The second-order valence-electron chi connectivity index (χ2n) is 5.20. The Labute approximate surface area is 157 Å². The van der Waals surface area contributed by atoms with E-state index in [0.29, 0.717) is 10.7 Å². The van der Waals surface area contributed by atoms with Gasteiger partial charge in [-0.15, -0.1) is 22.7 Å². The van der Waals surface area contributed by atoms with E-state index in [1.165, 1.54) is 11.3 Å². The van der Waals surface area contributed by atoms with Gasteiger partial charge in [-0.05, 0) is 29.1 Å². The van der Waals surface area contributed by atoms with Crippen LogP contribution in [0.1, 0.15) is 11.3 Å². The molecule has 3 rings (SSSR count). The summed E-state index contributed by atoms with van der Waals surface area (Å²) in [6, 6.07) is 10.9. The largest absolute Gasteiger partial charge is 0.273 e. The Morgan fingerprint density at radius 3 is 2.40 bits per heavy atom. The van der Waals surface area contributed by atoms with Crippen LogP contribution in [0, 0.1) is 0 Å². The lowest BCUT2D eigenvalue weighted by Gasteiger charge is -2.06. The van der Waals surface area contributed by atoms with Crippen molar-refractivity contribution in [2.75, 3.05) is 0 Å². The van der Waals surface area contributed by atoms with E-state index in [1.807, 2.05) is 22.9 Å². The van der Waals surface area contributed by atoms with E-state index in [9.17, 15) is 9.59 Å². The molecule has 1 aromatic carbocycles. The van der Waals surface area contributed by atoms with Gasteiger partial charge in [-0.3, -0.25) is 20.4 Å². The van der Waals surface area contributed by atoms with Gasteiger partial charge in [-0.1, -0.05) is 29.8 Å². The Bertz CT molecular complexity index is 860. The van der Waals surface area contributed by atoms with E-state index < -0.39 is 0 Å². The van der Waals surface area contributed by atoms with Crippen molar-refractivity contribution in [1.82, 2.24) is 15.8 Å². The Morgan fingerprint density at radius 2 is 1.72 bits per heavy atom. The fraction of sp³-hybridized carbons (Fsp3) is 0.118. The zero-order valence-corrected chi connectivity index (χ0v) is 15.4. The smallest absolute Gasteiger partial charge is 0.244 e. The number of nitrogens with one attached hydrogen (secondary N) is 2. The summed E-state index contributed by atoms with van der Waals surface area (Å²) in [4.78, 5) is 29.3. The van der Waals surface area contributed by atoms with Crippen LogP contribution in [0.5, 0.6) is 0 Å². The number of rotatable bonds is 5. The number of halogens is 1. The molecule has 2 N–H and O–H groups in total. The van der Waals surface area contributed by atoms with E-state index in [2.05, 4.69) is 15.8 Å². The van der Waals surface area contributed by atoms with Gasteiger partial charge in [0, 0.05) is 10.4 Å². The highest BCUT2D eigenvalue weighted by Crippen LogP contribution is 2.27. The van der Waals surface area contributed by atoms with Gasteiger partial charge in [-0.25, -0.2) is 4.98 Å². The number of carbonyl (C=O) groups is 2. The second kappa shape index (κ2) is 8.24. The maximum Gasteiger partial charge on any atom is 0.244 e. The van der Waals surface area contributed by atoms with E-state index >= 15 is 0 Å². The molecule has 2 aromatic heterocycles. The van der Waals surface area contributed by atoms with E-state index in [1.54, 1.807) is 35.6 Å². The highest BCUT2D eigenvalue weighted by atomic mass is 35.5. The molecular weight excluding hydrogens is 378 g/mol. The van der Waals surface area contributed by atoms with Crippen molar-refractivity contribution < 1.29 is 9.59 Å². The summed E-state index contributed by atoms with van der Waals surface area (Å²) >= 11 is 8.90. The second-order valence-corrected chi connectivity index (χ2v) is 7.44. The summed E-state index contributed by atoms with van der Waals surface area (Å²) in [7, 11) is 0. The van der Waals surface area contributed by atoms with Gasteiger partial charge in [0.25, 0.3) is 0 Å². The predicted molar refractivity (Wildman–Crippen MR) is 101 cm³/mol. The summed E-state index contributed by atoms with van der Waals surface area (Å²) in [5.74, 6) is -0.610.